The van der Waals surface area contributed by atoms with E-state index in [0.29, 0.717) is 0 Å². The van der Waals surface area contributed by atoms with E-state index >= 15 is 0 Å². The number of carbonyl (C=O) groups is 2. The molecule has 0 radical (unpaired) electrons. The fourth-order valence-corrected chi connectivity index (χ4v) is 9.53. The first-order valence-electron chi connectivity index (χ1n) is 19.0. The highest BCUT2D eigenvalue weighted by atomic mass is 31.2. The third kappa shape index (κ3) is 32.7. The number of nitrogens with zero attached hydrogens (tertiary/aromatic N) is 2. The maximum atomic E-state index is 13.6. The smallest absolute Gasteiger partial charge is 0.350 e. The minimum Gasteiger partial charge on any atom is -0.481 e. The molecule has 0 saturated carbocycles. The summed E-state index contributed by atoms with van der Waals surface area (Å²) in [5.74, 6) is -3.60. The van der Waals surface area contributed by atoms with Crippen LogP contribution in [0.4, 0.5) is 0 Å². The van der Waals surface area contributed by atoms with Gasteiger partial charge in [-0.15, -0.1) is 0 Å². The number of carboxylic acid groups (broad SMARTS) is 2. The summed E-state index contributed by atoms with van der Waals surface area (Å²) >= 11 is 0. The summed E-state index contributed by atoms with van der Waals surface area (Å²) in [6.07, 6.45) is 0. The van der Waals surface area contributed by atoms with E-state index in [2.05, 4.69) is 6.92 Å². The maximum absolute atomic E-state index is 13.6. The number of hydrogen-bond acceptors (Lipinski definition) is 12. The van der Waals surface area contributed by atoms with Gasteiger partial charge in [-0.25, -0.2) is 4.79 Å². The van der Waals surface area contributed by atoms with Crippen LogP contribution < -0.4 is 0 Å². The van der Waals surface area contributed by atoms with Crippen LogP contribution in [0.2, 0.25) is 0 Å². The Bertz CT molecular complexity index is 1100. The molecule has 2 atom stereocenters. The summed E-state index contributed by atoms with van der Waals surface area (Å²) in [6.45, 7) is 45.8. The van der Waals surface area contributed by atoms with Crippen LogP contribution in [0.1, 0.15) is 207 Å². The second-order valence-electron chi connectivity index (χ2n) is 16.6. The zero-order valence-corrected chi connectivity index (χ0v) is 40.4. The highest BCUT2D eigenvalue weighted by Gasteiger charge is 2.53. The predicted octanol–water partition coefficient (Wildman–Crippen LogP) is 15.5. The van der Waals surface area contributed by atoms with Crippen molar-refractivity contribution in [3.8, 4) is 0 Å². The molecule has 0 bridgehead atoms. The first-order valence-corrected chi connectivity index (χ1v) is 22.2. The van der Waals surface area contributed by atoms with Crippen molar-refractivity contribution in [2.45, 2.75) is 232 Å². The summed E-state index contributed by atoms with van der Waals surface area (Å²) in [6, 6.07) is 0. The normalized spacial score (nSPS) is 12.6. The first kappa shape index (κ1) is 86.2. The van der Waals surface area contributed by atoms with Gasteiger partial charge in [0.1, 0.15) is 11.6 Å². The van der Waals surface area contributed by atoms with Gasteiger partial charge >= 0.3 is 27.1 Å². The van der Waals surface area contributed by atoms with Crippen LogP contribution in [0.15, 0.2) is 0 Å². The Kier molecular flexibility index (Phi) is 53.8. The molecule has 0 aliphatic carbocycles. The Balaban J connectivity index is -0.0000000530. The van der Waals surface area contributed by atoms with Crippen LogP contribution in [0.5, 0.6) is 0 Å². The van der Waals surface area contributed by atoms with Crippen molar-refractivity contribution >= 4 is 27.1 Å². The predicted molar refractivity (Wildman–Crippen MR) is 265 cm³/mol. The Labute approximate surface area is 378 Å². The molecule has 60 heavy (non-hydrogen) atoms. The standard InChI is InChI=1S/C17H36NO6P.C13H30NO4P.C4H8O2.C2H6.C2H5.6CH4.2H2/c1-11-22-25(21,23-12-2)13(15(3,4)5)18(16(6,7)8)24-17(9,10)14(19)20;1-9-17-19(16,18-10-2)11(12(3,4)5)14(15)13(6,7)8;1-3(2)4(5)6;2*1-2;;;;;;;;/h13H,11-12H2,1-10H3,(H,19,20);11,15H,9-10H2,1-8H3;3H,1-2H3,(H,5,6);1-2H3;1H2,2H3;6*1H4;2*1H/q;;;;-1;;;;;;;;/i;;;;;;;;;;;2*1+1. The Morgan fingerprint density at radius 2 is 0.817 bits per heavy atom. The average molecular weight is 926 g/mol. The third-order valence-corrected chi connectivity index (χ3v) is 12.2. The van der Waals surface area contributed by atoms with Crippen LogP contribution in [-0.4, -0.2) is 92.2 Å². The molecule has 3 N–H and O–H groups in total. The molecule has 0 rings (SSSR count). The molecule has 0 heterocycles. The van der Waals surface area contributed by atoms with E-state index in [9.17, 15) is 29.0 Å². The van der Waals surface area contributed by atoms with Gasteiger partial charge in [0, 0.05) is 13.9 Å². The Hall–Kier alpha value is -0.920. The van der Waals surface area contributed by atoms with E-state index < -0.39 is 66.2 Å². The molecule has 0 aromatic heterocycles. The molecule has 2 unspecified atom stereocenters. The van der Waals surface area contributed by atoms with Gasteiger partial charge < -0.3 is 40.4 Å². The maximum Gasteiger partial charge on any atom is 0.350 e. The third-order valence-electron chi connectivity index (χ3n) is 6.52. The molecular weight excluding hydrogens is 810 g/mol. The number of carboxylic acids is 2. The molecule has 0 aromatic carbocycles. The lowest BCUT2D eigenvalue weighted by molar-refractivity contribution is -0.290. The van der Waals surface area contributed by atoms with Crippen LogP contribution in [0, 0.1) is 23.7 Å². The van der Waals surface area contributed by atoms with E-state index in [1.54, 1.807) is 48.5 Å². The topological polar surface area (TPSA) is 182 Å². The van der Waals surface area contributed by atoms with Crippen molar-refractivity contribution in [3.63, 3.8) is 0 Å². The lowest BCUT2D eigenvalue weighted by Crippen LogP contribution is -2.57. The van der Waals surface area contributed by atoms with Gasteiger partial charge in [-0.1, -0.05) is 114 Å². The molecule has 0 aliphatic heterocycles. The molecule has 14 nitrogen and oxygen atoms in total. The SMILES string of the molecule is C.C.C.C.C.C.CC.CC(C)C(=O)O.CCOP(=O)(OCC)C(N(O)C(C)(C)C)C(C)(C)C.CCOP(=O)(OCC)C(N(OC(C)(C)C(=O)O)C(C)(C)C)C(C)(C)C.[2HH].[2HH].[CH2-]C. The minimum atomic E-state index is -3.61. The lowest BCUT2D eigenvalue weighted by atomic mass is 9.94. The van der Waals surface area contributed by atoms with Crippen LogP contribution in [0.3, 0.4) is 0 Å². The Morgan fingerprint density at radius 3 is 0.967 bits per heavy atom. The Morgan fingerprint density at radius 1 is 0.583 bits per heavy atom. The number of rotatable bonds is 16. The van der Waals surface area contributed by atoms with Crippen LogP contribution >= 0.6 is 15.2 Å². The second-order valence-corrected chi connectivity index (χ2v) is 20.8. The van der Waals surface area contributed by atoms with Crippen molar-refractivity contribution in [1.29, 1.82) is 0 Å². The van der Waals surface area contributed by atoms with Crippen molar-refractivity contribution in [2.24, 2.45) is 16.7 Å². The molecule has 0 amide bonds. The molecule has 0 spiro atoms. The van der Waals surface area contributed by atoms with Crippen molar-refractivity contribution in [1.82, 2.24) is 10.1 Å². The summed E-state index contributed by atoms with van der Waals surface area (Å²) in [7, 11) is -7.04. The number of aliphatic carboxylic acids is 2. The van der Waals surface area contributed by atoms with Crippen LogP contribution in [-0.2, 0) is 41.7 Å². The molecule has 0 saturated heterocycles. The summed E-state index contributed by atoms with van der Waals surface area (Å²) in [5.41, 5.74) is -3.72. The van der Waals surface area contributed by atoms with Gasteiger partial charge in [-0.2, -0.15) is 17.1 Å². The van der Waals surface area contributed by atoms with Gasteiger partial charge in [0.25, 0.3) is 0 Å². The molecule has 382 valence electrons. The zero-order valence-electron chi connectivity index (χ0n) is 38.6. The van der Waals surface area contributed by atoms with Gasteiger partial charge in [0.15, 0.2) is 5.60 Å². The molecule has 16 heteroatoms. The number of hydrogen-bond donors (Lipinski definition) is 3. The van der Waals surface area contributed by atoms with Crippen molar-refractivity contribution in [2.75, 3.05) is 26.4 Å². The summed E-state index contributed by atoms with van der Waals surface area (Å²) in [5, 5.41) is 30.5. The fraction of sp³-hybridized carbons (Fsp3) is 0.932. The second kappa shape index (κ2) is 37.5. The van der Waals surface area contributed by atoms with E-state index in [1.165, 1.54) is 18.9 Å². The van der Waals surface area contributed by atoms with Crippen molar-refractivity contribution < 1.29 is 59.9 Å². The van der Waals surface area contributed by atoms with E-state index in [0.717, 1.165) is 5.06 Å². The summed E-state index contributed by atoms with van der Waals surface area (Å²) < 4.78 is 48.6. The largest absolute Gasteiger partial charge is 0.481 e. The molecule has 0 fully saturated rings. The molecule has 0 aliphatic rings. The van der Waals surface area contributed by atoms with Crippen molar-refractivity contribution in [3.05, 3.63) is 6.92 Å². The monoisotopic (exact) mass is 926 g/mol. The highest BCUT2D eigenvalue weighted by molar-refractivity contribution is 7.55. The molecule has 0 aromatic rings. The van der Waals surface area contributed by atoms with Gasteiger partial charge in [0.2, 0.25) is 0 Å². The lowest BCUT2D eigenvalue weighted by Gasteiger charge is -2.49. The summed E-state index contributed by atoms with van der Waals surface area (Å²) in [4.78, 5) is 27.2. The molecular formula is C44H113N2O12P2-. The van der Waals surface area contributed by atoms with E-state index in [-0.39, 0.29) is 79.8 Å². The van der Waals surface area contributed by atoms with Gasteiger partial charge in [-0.05, 0) is 93.9 Å². The minimum absolute atomic E-state index is 0. The van der Waals surface area contributed by atoms with Gasteiger partial charge in [0.05, 0.1) is 32.3 Å². The quantitative estimate of drug-likeness (QED) is 0.0755. The van der Waals surface area contributed by atoms with Gasteiger partial charge in [-0.3, -0.25) is 18.8 Å². The first-order chi connectivity index (χ1) is 24.1. The average Bonchev–Trinajstić information content (AvgIpc) is 2.97. The fourth-order valence-electron chi connectivity index (χ4n) is 4.21. The highest BCUT2D eigenvalue weighted by Crippen LogP contribution is 2.61. The zero-order chi connectivity index (χ0) is 44.9. The van der Waals surface area contributed by atoms with Crippen LogP contribution in [0.25, 0.3) is 0 Å². The van der Waals surface area contributed by atoms with E-state index in [1.807, 2.05) is 96.9 Å². The number of hydroxylamine groups is 4. The van der Waals surface area contributed by atoms with E-state index in [4.69, 9.17) is 28.0 Å².